The van der Waals surface area contributed by atoms with Gasteiger partial charge in [0.1, 0.15) is 15.9 Å². The standard InChI is InChI=1S/C34H30N3OS3/c1-4-35-26-17-15-23-12-8-10-14-25(23)33(26)41-30(35)21-31-37(6-3)34(38)28(40-31)19-20-29-36(5-2)32-24-13-9-7-11-22(24)16-18-27(32)39-29/h7-21H,4-6H2,1-3H3/q+1. The van der Waals surface area contributed by atoms with Crippen LogP contribution in [0.15, 0.2) is 93.6 Å². The van der Waals surface area contributed by atoms with Gasteiger partial charge in [-0.1, -0.05) is 77.7 Å². The Morgan fingerprint density at radius 1 is 0.805 bits per heavy atom. The van der Waals surface area contributed by atoms with Crippen molar-refractivity contribution in [2.45, 2.75) is 38.8 Å². The Labute approximate surface area is 250 Å². The number of rotatable bonds is 5. The molecule has 3 heterocycles. The van der Waals surface area contributed by atoms with Gasteiger partial charge in [-0.2, -0.15) is 4.57 Å². The summed E-state index contributed by atoms with van der Waals surface area (Å²) >= 11 is 5.16. The molecule has 1 aliphatic rings. The molecule has 0 radical (unpaired) electrons. The topological polar surface area (TPSA) is 29.1 Å². The predicted octanol–water partition coefficient (Wildman–Crippen LogP) is 6.84. The van der Waals surface area contributed by atoms with E-state index < -0.39 is 0 Å². The van der Waals surface area contributed by atoms with E-state index in [9.17, 15) is 4.79 Å². The zero-order chi connectivity index (χ0) is 28.1. The third-order valence-electron chi connectivity index (χ3n) is 7.75. The fraction of sp³-hybridized carbons (Fsp3) is 0.176. The lowest BCUT2D eigenvalue weighted by molar-refractivity contribution is -0.665. The van der Waals surface area contributed by atoms with Gasteiger partial charge in [0.2, 0.25) is 5.52 Å². The van der Waals surface area contributed by atoms with Crippen molar-refractivity contribution in [3.63, 3.8) is 0 Å². The Kier molecular flexibility index (Phi) is 6.81. The van der Waals surface area contributed by atoms with E-state index in [0.29, 0.717) is 6.54 Å². The maximum Gasteiger partial charge on any atom is 0.269 e. The average Bonchev–Trinajstić information content (AvgIpc) is 3.65. The molecule has 7 heteroatoms. The maximum atomic E-state index is 13.5. The molecule has 2 aromatic heterocycles. The SMILES string of the molecule is CCN1C(=CC=c2sc(=Cc3sc4c5ccccc5ccc4[n+]3CC)n(CC)c2=O)Sc2ccc3ccccc3c21. The summed E-state index contributed by atoms with van der Waals surface area (Å²) in [4.78, 5) is 17.2. The molecule has 0 amide bonds. The summed E-state index contributed by atoms with van der Waals surface area (Å²) in [7, 11) is 0. The molecule has 4 aromatic carbocycles. The van der Waals surface area contributed by atoms with E-state index >= 15 is 0 Å². The molecule has 0 N–H and O–H groups in total. The van der Waals surface area contributed by atoms with Gasteiger partial charge in [-0.3, -0.25) is 9.36 Å². The van der Waals surface area contributed by atoms with Crippen LogP contribution in [0.4, 0.5) is 5.69 Å². The molecule has 0 unspecified atom stereocenters. The van der Waals surface area contributed by atoms with Gasteiger partial charge in [0.25, 0.3) is 10.6 Å². The largest absolute Gasteiger partial charge is 0.335 e. The number of hydrogen-bond acceptors (Lipinski definition) is 5. The minimum atomic E-state index is 0.0734. The first-order valence-electron chi connectivity index (χ1n) is 14.1. The van der Waals surface area contributed by atoms with Crippen molar-refractivity contribution in [2.75, 3.05) is 11.4 Å². The van der Waals surface area contributed by atoms with Crippen LogP contribution in [0.3, 0.4) is 0 Å². The van der Waals surface area contributed by atoms with Crippen LogP contribution in [0.1, 0.15) is 25.8 Å². The van der Waals surface area contributed by atoms with Gasteiger partial charge < -0.3 is 4.90 Å². The van der Waals surface area contributed by atoms with E-state index in [-0.39, 0.29) is 5.56 Å². The van der Waals surface area contributed by atoms with Crippen LogP contribution in [-0.4, -0.2) is 11.1 Å². The number of fused-ring (bicyclic) bond motifs is 6. The smallest absolute Gasteiger partial charge is 0.269 e. The summed E-state index contributed by atoms with van der Waals surface area (Å²) in [5, 5.41) is 7.37. The highest BCUT2D eigenvalue weighted by atomic mass is 32.2. The van der Waals surface area contributed by atoms with Crippen molar-refractivity contribution in [3.8, 4) is 0 Å². The van der Waals surface area contributed by atoms with Crippen molar-refractivity contribution < 1.29 is 4.57 Å². The Hall–Kier alpha value is -3.65. The summed E-state index contributed by atoms with van der Waals surface area (Å²) in [5.41, 5.74) is 2.58. The van der Waals surface area contributed by atoms with Gasteiger partial charge in [-0.05, 0) is 55.8 Å². The molecule has 0 atom stereocenters. The van der Waals surface area contributed by atoms with Crippen LogP contribution in [0.2, 0.25) is 0 Å². The van der Waals surface area contributed by atoms with Gasteiger partial charge in [-0.15, -0.1) is 11.3 Å². The summed E-state index contributed by atoms with van der Waals surface area (Å²) < 4.78 is 7.30. The monoisotopic (exact) mass is 592 g/mol. The number of thiazole rings is 2. The van der Waals surface area contributed by atoms with E-state index in [1.165, 1.54) is 42.3 Å². The highest BCUT2D eigenvalue weighted by Crippen LogP contribution is 2.49. The van der Waals surface area contributed by atoms with Crippen molar-refractivity contribution >= 4 is 84.0 Å². The summed E-state index contributed by atoms with van der Waals surface area (Å²) in [6.45, 7) is 8.80. The van der Waals surface area contributed by atoms with Crippen LogP contribution < -0.4 is 24.2 Å². The lowest BCUT2D eigenvalue weighted by Gasteiger charge is -2.19. The third kappa shape index (κ3) is 4.35. The molecular weight excluding hydrogens is 563 g/mol. The number of anilines is 1. The average molecular weight is 593 g/mol. The molecule has 204 valence electrons. The Morgan fingerprint density at radius 2 is 1.54 bits per heavy atom. The molecule has 0 aliphatic carbocycles. The van der Waals surface area contributed by atoms with Gasteiger partial charge in [0.15, 0.2) is 0 Å². The van der Waals surface area contributed by atoms with Crippen molar-refractivity contribution in [3.05, 3.63) is 108 Å². The molecule has 4 nitrogen and oxygen atoms in total. The Balaban J connectivity index is 1.34. The number of aromatic nitrogens is 2. The molecule has 0 saturated heterocycles. The highest BCUT2D eigenvalue weighted by Gasteiger charge is 2.25. The van der Waals surface area contributed by atoms with E-state index in [4.69, 9.17) is 0 Å². The van der Waals surface area contributed by atoms with E-state index in [1.807, 2.05) is 17.6 Å². The van der Waals surface area contributed by atoms with Crippen molar-refractivity contribution in [1.82, 2.24) is 4.57 Å². The third-order valence-corrected chi connectivity index (χ3v) is 11.1. The maximum absolute atomic E-state index is 13.5. The molecule has 0 saturated carbocycles. The summed E-state index contributed by atoms with van der Waals surface area (Å²) in [6, 6.07) is 26.0. The molecule has 6 aromatic rings. The second kappa shape index (κ2) is 10.6. The van der Waals surface area contributed by atoms with Crippen molar-refractivity contribution in [1.29, 1.82) is 0 Å². The minimum Gasteiger partial charge on any atom is -0.335 e. The second-order valence-corrected chi connectivity index (χ2v) is 13.1. The molecule has 41 heavy (non-hydrogen) atoms. The van der Waals surface area contributed by atoms with Crippen LogP contribution in [0.5, 0.6) is 0 Å². The first-order valence-corrected chi connectivity index (χ1v) is 16.5. The van der Waals surface area contributed by atoms with Crippen LogP contribution in [0, 0.1) is 0 Å². The first-order chi connectivity index (χ1) is 20.1. The van der Waals surface area contributed by atoms with Gasteiger partial charge in [-0.25, -0.2) is 0 Å². The minimum absolute atomic E-state index is 0.0734. The molecule has 0 spiro atoms. The second-order valence-electron chi connectivity index (χ2n) is 9.97. The first kappa shape index (κ1) is 26.3. The number of nitrogens with zero attached hydrogens (tertiary/aromatic N) is 3. The van der Waals surface area contributed by atoms with Crippen LogP contribution in [0.25, 0.3) is 43.9 Å². The molecular formula is C34H30N3OS3+. The highest BCUT2D eigenvalue weighted by molar-refractivity contribution is 8.03. The molecule has 7 rings (SSSR count). The lowest BCUT2D eigenvalue weighted by Crippen LogP contribution is -2.35. The summed E-state index contributed by atoms with van der Waals surface area (Å²) in [6.07, 6.45) is 6.34. The van der Waals surface area contributed by atoms with E-state index in [1.54, 1.807) is 34.4 Å². The van der Waals surface area contributed by atoms with E-state index in [2.05, 4.69) is 108 Å². The van der Waals surface area contributed by atoms with Crippen LogP contribution in [-0.2, 0) is 13.1 Å². The normalized spacial score (nSPS) is 15.3. The fourth-order valence-electron chi connectivity index (χ4n) is 5.78. The quantitative estimate of drug-likeness (QED) is 0.205. The lowest BCUT2D eigenvalue weighted by atomic mass is 10.1. The molecule has 0 fully saturated rings. The number of aryl methyl sites for hydroxylation is 1. The fourth-order valence-corrected chi connectivity index (χ4v) is 9.35. The number of thioether (sulfide) groups is 1. The number of benzene rings is 4. The zero-order valence-electron chi connectivity index (χ0n) is 23.3. The Morgan fingerprint density at radius 3 is 2.29 bits per heavy atom. The van der Waals surface area contributed by atoms with Gasteiger partial charge in [0, 0.05) is 34.8 Å². The predicted molar refractivity (Wildman–Crippen MR) is 178 cm³/mol. The summed E-state index contributed by atoms with van der Waals surface area (Å²) in [5.74, 6) is 0. The van der Waals surface area contributed by atoms with E-state index in [0.717, 1.165) is 32.3 Å². The molecule has 1 aliphatic heterocycles. The molecule has 0 bridgehead atoms. The number of hydrogen-bond donors (Lipinski definition) is 0. The van der Waals surface area contributed by atoms with Crippen molar-refractivity contribution in [2.24, 2.45) is 0 Å². The zero-order valence-corrected chi connectivity index (χ0v) is 25.7. The van der Waals surface area contributed by atoms with Gasteiger partial charge >= 0.3 is 0 Å². The van der Waals surface area contributed by atoms with Crippen LogP contribution >= 0.6 is 34.4 Å². The van der Waals surface area contributed by atoms with Gasteiger partial charge in [0.05, 0.1) is 21.3 Å². The Bertz CT molecular complexity index is 2180. The number of allylic oxidation sites excluding steroid dienone is 1.